The Morgan fingerprint density at radius 1 is 1.45 bits per heavy atom. The van der Waals surface area contributed by atoms with Gasteiger partial charge in [-0.3, -0.25) is 9.59 Å². The molecule has 2 unspecified atom stereocenters. The highest BCUT2D eigenvalue weighted by molar-refractivity contribution is 6.03. The summed E-state index contributed by atoms with van der Waals surface area (Å²) in [6.45, 7) is 3.27. The maximum atomic E-state index is 12.3. The van der Waals surface area contributed by atoms with E-state index in [1.165, 1.54) is 0 Å². The van der Waals surface area contributed by atoms with Gasteiger partial charge in [-0.05, 0) is 38.4 Å². The monoisotopic (exact) mass is 325 g/mol. The molecular weight excluding hydrogens is 306 g/mol. The predicted octanol–water partition coefficient (Wildman–Crippen LogP) is 1.31. The zero-order valence-electron chi connectivity index (χ0n) is 12.3. The molecule has 3 N–H and O–H groups in total. The molecule has 1 saturated heterocycles. The Kier molecular flexibility index (Phi) is 5.26. The van der Waals surface area contributed by atoms with Gasteiger partial charge in [0.1, 0.15) is 0 Å². The number of halogens is 1. The van der Waals surface area contributed by atoms with Crippen molar-refractivity contribution >= 4 is 29.9 Å². The van der Waals surface area contributed by atoms with Crippen LogP contribution in [0.4, 0.5) is 5.69 Å². The molecule has 0 aromatic heterocycles. The van der Waals surface area contributed by atoms with Crippen molar-refractivity contribution in [1.82, 2.24) is 10.6 Å². The van der Waals surface area contributed by atoms with E-state index in [2.05, 4.69) is 16.0 Å². The van der Waals surface area contributed by atoms with Crippen LogP contribution < -0.4 is 20.7 Å². The van der Waals surface area contributed by atoms with E-state index in [1.54, 1.807) is 25.1 Å². The molecule has 2 aliphatic heterocycles. The fourth-order valence-electron chi connectivity index (χ4n) is 2.65. The number of carbonyl (C=O) groups excluding carboxylic acids is 2. The molecule has 1 fully saturated rings. The summed E-state index contributed by atoms with van der Waals surface area (Å²) in [5.74, 6) is 0.0700. The molecule has 2 aliphatic rings. The van der Waals surface area contributed by atoms with E-state index >= 15 is 0 Å². The summed E-state index contributed by atoms with van der Waals surface area (Å²) in [7, 11) is 0. The van der Waals surface area contributed by atoms with Crippen LogP contribution in [-0.2, 0) is 4.79 Å². The molecule has 2 heterocycles. The molecule has 6 nitrogen and oxygen atoms in total. The zero-order valence-corrected chi connectivity index (χ0v) is 13.2. The van der Waals surface area contributed by atoms with E-state index < -0.39 is 6.10 Å². The average Bonchev–Trinajstić information content (AvgIpc) is 2.99. The van der Waals surface area contributed by atoms with Crippen LogP contribution in [0, 0.1) is 0 Å². The van der Waals surface area contributed by atoms with E-state index in [9.17, 15) is 9.59 Å². The van der Waals surface area contributed by atoms with E-state index in [4.69, 9.17) is 4.74 Å². The molecule has 22 heavy (non-hydrogen) atoms. The first-order valence-corrected chi connectivity index (χ1v) is 7.27. The third-order valence-corrected chi connectivity index (χ3v) is 3.85. The fraction of sp³-hybridized carbons (Fsp3) is 0.467. The molecule has 1 aromatic carbocycles. The molecule has 0 bridgehead atoms. The Hall–Kier alpha value is -1.79. The second kappa shape index (κ2) is 6.98. The first-order valence-electron chi connectivity index (χ1n) is 7.27. The lowest BCUT2D eigenvalue weighted by atomic mass is 10.1. The Labute approximate surface area is 135 Å². The van der Waals surface area contributed by atoms with Gasteiger partial charge in [0.15, 0.2) is 11.9 Å². The first-order chi connectivity index (χ1) is 10.1. The van der Waals surface area contributed by atoms with Gasteiger partial charge in [-0.25, -0.2) is 0 Å². The SMILES string of the molecule is CC1Oc2c(cccc2C(=O)NCC2CCCN2)NC1=O.Cl. The minimum Gasteiger partial charge on any atom is -0.478 e. The number of ether oxygens (including phenoxy) is 1. The standard InChI is InChI=1S/C15H19N3O3.ClH/c1-9-14(19)18-12-6-2-5-11(13(12)21-9)15(20)17-8-10-4-3-7-16-10;/h2,5-6,9-10,16H,3-4,7-8H2,1H3,(H,17,20)(H,18,19);1H. The summed E-state index contributed by atoms with van der Waals surface area (Å²) < 4.78 is 5.58. The number of amides is 2. The van der Waals surface area contributed by atoms with Crippen LogP contribution in [0.3, 0.4) is 0 Å². The number of nitrogens with one attached hydrogen (secondary N) is 3. The first kappa shape index (κ1) is 16.6. The van der Waals surface area contributed by atoms with Crippen molar-refractivity contribution in [2.75, 3.05) is 18.4 Å². The van der Waals surface area contributed by atoms with Gasteiger partial charge in [0, 0.05) is 12.6 Å². The summed E-state index contributed by atoms with van der Waals surface area (Å²) in [6, 6.07) is 5.52. The van der Waals surface area contributed by atoms with Gasteiger partial charge in [0.2, 0.25) is 0 Å². The van der Waals surface area contributed by atoms with Crippen LogP contribution in [0.1, 0.15) is 30.1 Å². The minimum absolute atomic E-state index is 0. The lowest BCUT2D eigenvalue weighted by Gasteiger charge is -2.25. The van der Waals surface area contributed by atoms with Gasteiger partial charge in [-0.15, -0.1) is 12.4 Å². The Balaban J connectivity index is 0.00000176. The lowest BCUT2D eigenvalue weighted by molar-refractivity contribution is -0.122. The summed E-state index contributed by atoms with van der Waals surface area (Å²) in [5.41, 5.74) is 1.00. The number of para-hydroxylation sites is 1. The molecule has 0 aliphatic carbocycles. The molecule has 0 saturated carbocycles. The number of hydrogen-bond acceptors (Lipinski definition) is 4. The normalized spacial score (nSPS) is 22.9. The second-order valence-corrected chi connectivity index (χ2v) is 5.43. The highest BCUT2D eigenvalue weighted by Crippen LogP contribution is 2.33. The second-order valence-electron chi connectivity index (χ2n) is 5.43. The Bertz CT molecular complexity index is 573. The number of anilines is 1. The zero-order chi connectivity index (χ0) is 14.8. The summed E-state index contributed by atoms with van der Waals surface area (Å²) in [5, 5.41) is 9.00. The molecule has 1 aromatic rings. The summed E-state index contributed by atoms with van der Waals surface area (Å²) in [4.78, 5) is 23.9. The molecule has 2 atom stereocenters. The molecular formula is C15H20ClN3O3. The van der Waals surface area contributed by atoms with Gasteiger partial charge < -0.3 is 20.7 Å². The van der Waals surface area contributed by atoms with Gasteiger partial charge in [0.25, 0.3) is 11.8 Å². The Morgan fingerprint density at radius 3 is 3.00 bits per heavy atom. The largest absolute Gasteiger partial charge is 0.478 e. The van der Waals surface area contributed by atoms with E-state index in [1.807, 2.05) is 0 Å². The molecule has 7 heteroatoms. The third kappa shape index (κ3) is 3.34. The van der Waals surface area contributed by atoms with Crippen molar-refractivity contribution in [3.63, 3.8) is 0 Å². The molecule has 0 radical (unpaired) electrons. The van der Waals surface area contributed by atoms with Gasteiger partial charge in [0.05, 0.1) is 11.3 Å². The smallest absolute Gasteiger partial charge is 0.265 e. The molecule has 2 amide bonds. The summed E-state index contributed by atoms with van der Waals surface area (Å²) >= 11 is 0. The Morgan fingerprint density at radius 2 is 2.27 bits per heavy atom. The maximum Gasteiger partial charge on any atom is 0.265 e. The van der Waals surface area contributed by atoms with Crippen LogP contribution in [0.2, 0.25) is 0 Å². The van der Waals surface area contributed by atoms with Crippen LogP contribution in [0.25, 0.3) is 0 Å². The fourth-order valence-corrected chi connectivity index (χ4v) is 2.65. The van der Waals surface area contributed by atoms with Crippen LogP contribution in [0.5, 0.6) is 5.75 Å². The van der Waals surface area contributed by atoms with Crippen molar-refractivity contribution in [3.05, 3.63) is 23.8 Å². The van der Waals surface area contributed by atoms with Gasteiger partial charge in [-0.1, -0.05) is 6.07 Å². The van der Waals surface area contributed by atoms with Crippen molar-refractivity contribution < 1.29 is 14.3 Å². The van der Waals surface area contributed by atoms with Gasteiger partial charge >= 0.3 is 0 Å². The third-order valence-electron chi connectivity index (χ3n) is 3.85. The topological polar surface area (TPSA) is 79.5 Å². The number of hydrogen-bond donors (Lipinski definition) is 3. The van der Waals surface area contributed by atoms with Gasteiger partial charge in [-0.2, -0.15) is 0 Å². The minimum atomic E-state index is -0.594. The van der Waals surface area contributed by atoms with Crippen molar-refractivity contribution in [1.29, 1.82) is 0 Å². The van der Waals surface area contributed by atoms with Crippen LogP contribution in [0.15, 0.2) is 18.2 Å². The molecule has 3 rings (SSSR count). The molecule has 0 spiro atoms. The predicted molar refractivity (Wildman–Crippen MR) is 85.8 cm³/mol. The van der Waals surface area contributed by atoms with Crippen molar-refractivity contribution in [2.45, 2.75) is 31.9 Å². The number of rotatable bonds is 3. The quantitative estimate of drug-likeness (QED) is 0.783. The highest BCUT2D eigenvalue weighted by Gasteiger charge is 2.27. The number of fused-ring (bicyclic) bond motifs is 1. The van der Waals surface area contributed by atoms with E-state index in [-0.39, 0.29) is 24.2 Å². The summed E-state index contributed by atoms with van der Waals surface area (Å²) in [6.07, 6.45) is 1.63. The van der Waals surface area contributed by atoms with E-state index in [0.29, 0.717) is 29.6 Å². The average molecular weight is 326 g/mol. The van der Waals surface area contributed by atoms with Crippen LogP contribution >= 0.6 is 12.4 Å². The number of carbonyl (C=O) groups is 2. The molecule has 120 valence electrons. The van der Waals surface area contributed by atoms with Crippen molar-refractivity contribution in [3.8, 4) is 5.75 Å². The van der Waals surface area contributed by atoms with E-state index in [0.717, 1.165) is 19.4 Å². The van der Waals surface area contributed by atoms with Crippen molar-refractivity contribution in [2.24, 2.45) is 0 Å². The highest BCUT2D eigenvalue weighted by atomic mass is 35.5. The van der Waals surface area contributed by atoms with Crippen LogP contribution in [-0.4, -0.2) is 37.0 Å². The number of benzene rings is 1. The maximum absolute atomic E-state index is 12.3. The lowest BCUT2D eigenvalue weighted by Crippen LogP contribution is -2.38.